The highest BCUT2D eigenvalue weighted by molar-refractivity contribution is 5.22. The number of aromatic hydroxyl groups is 2. The van der Waals surface area contributed by atoms with Crippen molar-refractivity contribution in [3.63, 3.8) is 0 Å². The van der Waals surface area contributed by atoms with E-state index in [4.69, 9.17) is 4.74 Å². The number of rotatable bonds is 14. The lowest BCUT2D eigenvalue weighted by atomic mass is 9.97. The fourth-order valence-electron chi connectivity index (χ4n) is 4.27. The van der Waals surface area contributed by atoms with Gasteiger partial charge in [-0.1, -0.05) is 6.58 Å². The van der Waals surface area contributed by atoms with Gasteiger partial charge in [0.15, 0.2) is 0 Å². The number of imidazole rings is 2. The smallest absolute Gasteiger partial charge is 0.335 e. The Morgan fingerprint density at radius 3 is 1.79 bits per heavy atom. The minimum absolute atomic E-state index is 0.00247. The summed E-state index contributed by atoms with van der Waals surface area (Å²) in [5, 5.41) is 20.3. The van der Waals surface area contributed by atoms with E-state index >= 15 is 0 Å². The summed E-state index contributed by atoms with van der Waals surface area (Å²) in [6.07, 6.45) is 9.21. The van der Waals surface area contributed by atoms with Gasteiger partial charge in [0.1, 0.15) is 0 Å². The van der Waals surface area contributed by atoms with E-state index in [0.29, 0.717) is 19.8 Å². The number of aromatic nitrogens is 4. The molecule has 0 bridgehead atoms. The van der Waals surface area contributed by atoms with Gasteiger partial charge in [-0.15, -0.1) is 0 Å². The average Bonchev–Trinajstić information content (AvgIpc) is 3.20. The van der Waals surface area contributed by atoms with Gasteiger partial charge in [0, 0.05) is 37.0 Å². The molecule has 0 aliphatic carbocycles. The zero-order valence-corrected chi connectivity index (χ0v) is 20.7. The van der Waals surface area contributed by atoms with Crippen molar-refractivity contribution in [2.45, 2.75) is 90.8 Å². The first-order valence-corrected chi connectivity index (χ1v) is 11.7. The Hall–Kier alpha value is -2.68. The predicted molar refractivity (Wildman–Crippen MR) is 130 cm³/mol. The monoisotopic (exact) mass is 464 g/mol. The lowest BCUT2D eigenvalue weighted by Crippen LogP contribution is -2.36. The Bertz CT molecular complexity index is 1040. The molecule has 0 saturated carbocycles. The number of unbranched alkanes of at least 4 members (excludes halogenated alkanes) is 2. The van der Waals surface area contributed by atoms with Crippen LogP contribution in [0.15, 0.2) is 28.6 Å². The fourth-order valence-corrected chi connectivity index (χ4v) is 4.27. The fraction of sp³-hybridized carbons (Fsp3) is 0.667. The Morgan fingerprint density at radius 2 is 1.36 bits per heavy atom. The molecule has 33 heavy (non-hydrogen) atoms. The first-order chi connectivity index (χ1) is 15.5. The van der Waals surface area contributed by atoms with Crippen LogP contribution in [0.4, 0.5) is 0 Å². The van der Waals surface area contributed by atoms with E-state index in [1.54, 1.807) is 0 Å². The molecule has 2 aromatic rings. The summed E-state index contributed by atoms with van der Waals surface area (Å²) in [5.41, 5.74) is -1.47. The summed E-state index contributed by atoms with van der Waals surface area (Å²) in [5.74, 6) is -0.0615. The van der Waals surface area contributed by atoms with E-state index in [1.165, 1.54) is 36.9 Å². The van der Waals surface area contributed by atoms with E-state index in [0.717, 1.165) is 38.5 Å². The highest BCUT2D eigenvalue weighted by Gasteiger charge is 2.27. The van der Waals surface area contributed by atoms with E-state index < -0.39 is 11.1 Å². The van der Waals surface area contributed by atoms with Crippen LogP contribution < -0.4 is 11.4 Å². The number of ether oxygens (including phenoxy) is 1. The standard InChI is InChI=1S/C24H40N4O5/c1-7-25-17-19(29)27(21(25)31)23(3,4)13-9-11-15-33-16-12-10-14-24(5,6)28-20(30)18-26(8-2)22(28)32/h7,17-18,29-30H,1,8-16H2,2-6H3. The third kappa shape index (κ3) is 6.22. The van der Waals surface area contributed by atoms with Gasteiger partial charge in [0.2, 0.25) is 11.8 Å². The SMILES string of the molecule is C=Cn1cc(O)n(C(C)(C)CCCCOCCCCC(C)(C)n2c(O)cn(CC)c2=O)c1=O. The maximum absolute atomic E-state index is 12.4. The molecule has 2 rings (SSSR count). The lowest BCUT2D eigenvalue weighted by molar-refractivity contribution is 0.120. The van der Waals surface area contributed by atoms with Crippen LogP contribution >= 0.6 is 0 Å². The molecule has 0 radical (unpaired) electrons. The van der Waals surface area contributed by atoms with Crippen LogP contribution in [-0.4, -0.2) is 41.7 Å². The largest absolute Gasteiger partial charge is 0.493 e. The zero-order chi connectivity index (χ0) is 24.8. The Kier molecular flexibility index (Phi) is 8.82. The van der Waals surface area contributed by atoms with Crippen LogP contribution in [0, 0.1) is 0 Å². The van der Waals surface area contributed by atoms with E-state index in [-0.39, 0.29) is 23.1 Å². The van der Waals surface area contributed by atoms with Crippen molar-refractivity contribution in [2.24, 2.45) is 0 Å². The molecule has 0 atom stereocenters. The van der Waals surface area contributed by atoms with Gasteiger partial charge in [-0.3, -0.25) is 18.3 Å². The van der Waals surface area contributed by atoms with Crippen molar-refractivity contribution in [1.82, 2.24) is 18.3 Å². The number of aryl methyl sites for hydroxylation is 1. The van der Waals surface area contributed by atoms with Crippen molar-refractivity contribution in [1.29, 1.82) is 0 Å². The molecule has 0 aliphatic rings. The second-order valence-corrected chi connectivity index (χ2v) is 9.74. The summed E-state index contributed by atoms with van der Waals surface area (Å²) >= 11 is 0. The minimum atomic E-state index is -0.513. The quantitative estimate of drug-likeness (QED) is 0.415. The van der Waals surface area contributed by atoms with Crippen LogP contribution in [-0.2, 0) is 22.4 Å². The molecule has 0 unspecified atom stereocenters. The second-order valence-electron chi connectivity index (χ2n) is 9.74. The van der Waals surface area contributed by atoms with Crippen LogP contribution in [0.5, 0.6) is 11.8 Å². The van der Waals surface area contributed by atoms with Crippen molar-refractivity contribution in [3.05, 3.63) is 39.9 Å². The third-order valence-electron chi connectivity index (χ3n) is 6.24. The zero-order valence-electron chi connectivity index (χ0n) is 20.7. The molecule has 2 N–H and O–H groups in total. The van der Waals surface area contributed by atoms with Crippen LogP contribution in [0.25, 0.3) is 6.20 Å². The molecule has 0 aliphatic heterocycles. The van der Waals surface area contributed by atoms with Crippen molar-refractivity contribution < 1.29 is 14.9 Å². The van der Waals surface area contributed by atoms with Gasteiger partial charge in [-0.25, -0.2) is 9.59 Å². The maximum Gasteiger partial charge on any atom is 0.335 e. The molecule has 0 amide bonds. The molecule has 9 heteroatoms. The number of hydrogen-bond donors (Lipinski definition) is 2. The van der Waals surface area contributed by atoms with Gasteiger partial charge in [0.05, 0.1) is 12.4 Å². The molecule has 0 aromatic carbocycles. The van der Waals surface area contributed by atoms with Gasteiger partial charge in [-0.2, -0.15) is 0 Å². The molecule has 0 fully saturated rings. The molecular weight excluding hydrogens is 424 g/mol. The van der Waals surface area contributed by atoms with E-state index in [1.807, 2.05) is 34.6 Å². The second kappa shape index (κ2) is 11.0. The highest BCUT2D eigenvalue weighted by Crippen LogP contribution is 2.27. The van der Waals surface area contributed by atoms with Gasteiger partial charge < -0.3 is 14.9 Å². The first kappa shape index (κ1) is 26.6. The Labute approximate surface area is 195 Å². The molecule has 0 spiro atoms. The minimum Gasteiger partial charge on any atom is -0.493 e. The number of hydrogen-bond acceptors (Lipinski definition) is 5. The molecule has 2 aromatic heterocycles. The average molecular weight is 465 g/mol. The highest BCUT2D eigenvalue weighted by atomic mass is 16.5. The van der Waals surface area contributed by atoms with E-state index in [9.17, 15) is 19.8 Å². The Morgan fingerprint density at radius 1 is 0.879 bits per heavy atom. The first-order valence-electron chi connectivity index (χ1n) is 11.7. The summed E-state index contributed by atoms with van der Waals surface area (Å²) in [4.78, 5) is 24.8. The van der Waals surface area contributed by atoms with Crippen molar-refractivity contribution in [3.8, 4) is 11.8 Å². The Balaban J connectivity index is 1.69. The third-order valence-corrected chi connectivity index (χ3v) is 6.24. The maximum atomic E-state index is 12.4. The predicted octanol–water partition coefficient (Wildman–Crippen LogP) is 3.67. The van der Waals surface area contributed by atoms with Crippen molar-refractivity contribution in [2.75, 3.05) is 13.2 Å². The van der Waals surface area contributed by atoms with Gasteiger partial charge in [-0.05, 0) is 73.1 Å². The van der Waals surface area contributed by atoms with E-state index in [2.05, 4.69) is 6.58 Å². The van der Waals surface area contributed by atoms with Crippen LogP contribution in [0.1, 0.15) is 73.1 Å². The number of nitrogens with zero attached hydrogens (tertiary/aromatic N) is 4. The molecule has 186 valence electrons. The van der Waals surface area contributed by atoms with Crippen LogP contribution in [0.2, 0.25) is 0 Å². The summed E-state index contributed by atoms with van der Waals surface area (Å²) in [6, 6.07) is 0. The van der Waals surface area contributed by atoms with Gasteiger partial charge in [0.25, 0.3) is 0 Å². The summed E-state index contributed by atoms with van der Waals surface area (Å²) in [6.45, 7) is 15.0. The van der Waals surface area contributed by atoms with Gasteiger partial charge >= 0.3 is 11.4 Å². The summed E-state index contributed by atoms with van der Waals surface area (Å²) < 4.78 is 11.4. The summed E-state index contributed by atoms with van der Waals surface area (Å²) in [7, 11) is 0. The molecule has 0 saturated heterocycles. The van der Waals surface area contributed by atoms with Crippen LogP contribution in [0.3, 0.4) is 0 Å². The van der Waals surface area contributed by atoms with Crippen molar-refractivity contribution >= 4 is 6.20 Å². The molecule has 2 heterocycles. The molecule has 9 nitrogen and oxygen atoms in total. The normalized spacial score (nSPS) is 12.4. The lowest BCUT2D eigenvalue weighted by Gasteiger charge is -2.26. The topological polar surface area (TPSA) is 104 Å². The molecular formula is C24H40N4O5.